The lowest BCUT2D eigenvalue weighted by atomic mass is 9.99. The summed E-state index contributed by atoms with van der Waals surface area (Å²) in [5.41, 5.74) is 0. The highest BCUT2D eigenvalue weighted by Crippen LogP contribution is 2.26. The molecule has 0 aliphatic carbocycles. The first-order valence-electron chi connectivity index (χ1n) is 36.2. The number of rotatable bonds is 61. The van der Waals surface area contributed by atoms with Crippen LogP contribution in [0, 0.1) is 0 Å². The zero-order valence-corrected chi connectivity index (χ0v) is 56.3. The van der Waals surface area contributed by atoms with Crippen molar-refractivity contribution in [3.05, 3.63) is 109 Å². The van der Waals surface area contributed by atoms with E-state index < -0.39 is 67.4 Å². The van der Waals surface area contributed by atoms with E-state index in [9.17, 15) is 35.1 Å². The van der Waals surface area contributed by atoms with Crippen LogP contribution in [0.5, 0.6) is 0 Å². The SMILES string of the molecule is CC/C=C\C/C=C\C/C=C\C/C=C\C/C=C\C/C=C\CCCCCCCCCCC(=O)OC1C(OCC(NC(=O)C(O)CCCCCCCCCCCC/C=C\C/C=C\CCCCC)C(O)/C=C/CCCCCCCCCCCC)OC(CO)C(O)C1O. The van der Waals surface area contributed by atoms with Crippen molar-refractivity contribution in [2.45, 2.75) is 352 Å². The molecule has 1 saturated heterocycles. The molecule has 1 amide bonds. The van der Waals surface area contributed by atoms with Crippen LogP contribution in [0.25, 0.3) is 0 Å². The molecule has 0 aromatic heterocycles. The molecule has 88 heavy (non-hydrogen) atoms. The predicted octanol–water partition coefficient (Wildman–Crippen LogP) is 18.8. The lowest BCUT2D eigenvalue weighted by Gasteiger charge is -2.41. The molecule has 0 aromatic rings. The number of ether oxygens (including phenoxy) is 3. The lowest BCUT2D eigenvalue weighted by molar-refractivity contribution is -0.305. The molecule has 506 valence electrons. The summed E-state index contributed by atoms with van der Waals surface area (Å²) in [7, 11) is 0. The average Bonchev–Trinajstić information content (AvgIpc) is 1.29. The second-order valence-corrected chi connectivity index (χ2v) is 24.6. The van der Waals surface area contributed by atoms with Crippen molar-refractivity contribution in [1.29, 1.82) is 0 Å². The Labute approximate surface area is 538 Å². The lowest BCUT2D eigenvalue weighted by Crippen LogP contribution is -2.61. The van der Waals surface area contributed by atoms with Gasteiger partial charge in [0, 0.05) is 6.42 Å². The first-order chi connectivity index (χ1) is 43.2. The highest BCUT2D eigenvalue weighted by atomic mass is 16.7. The fraction of sp³-hybridized carbons (Fsp3) is 0.740. The molecule has 6 N–H and O–H groups in total. The molecule has 1 aliphatic rings. The number of aliphatic hydroxyl groups is 5. The molecule has 0 saturated carbocycles. The number of unbranched alkanes of at least 4 members (excludes halogenated alkanes) is 31. The summed E-state index contributed by atoms with van der Waals surface area (Å²) in [6.45, 7) is 5.67. The van der Waals surface area contributed by atoms with Crippen molar-refractivity contribution in [1.82, 2.24) is 5.32 Å². The third kappa shape index (κ3) is 50.0. The normalized spacial score (nSPS) is 18.8. The van der Waals surface area contributed by atoms with Gasteiger partial charge in [0.15, 0.2) is 12.4 Å². The Bertz CT molecular complexity index is 1850. The molecule has 8 atom stereocenters. The number of carbonyl (C=O) groups is 2. The summed E-state index contributed by atoms with van der Waals surface area (Å²) < 4.78 is 17.7. The Morgan fingerprint density at radius 3 is 1.25 bits per heavy atom. The van der Waals surface area contributed by atoms with Crippen molar-refractivity contribution in [2.75, 3.05) is 13.2 Å². The summed E-state index contributed by atoms with van der Waals surface area (Å²) in [5, 5.41) is 57.3. The van der Waals surface area contributed by atoms with Gasteiger partial charge in [-0.3, -0.25) is 9.59 Å². The van der Waals surface area contributed by atoms with Crippen LogP contribution < -0.4 is 5.32 Å². The van der Waals surface area contributed by atoms with Gasteiger partial charge >= 0.3 is 5.97 Å². The monoisotopic (exact) mass is 1230 g/mol. The molecule has 8 unspecified atom stereocenters. The van der Waals surface area contributed by atoms with Crippen molar-refractivity contribution in [2.24, 2.45) is 0 Å². The summed E-state index contributed by atoms with van der Waals surface area (Å²) in [5.74, 6) is -1.20. The smallest absolute Gasteiger partial charge is 0.306 e. The minimum Gasteiger partial charge on any atom is -0.454 e. The fourth-order valence-electron chi connectivity index (χ4n) is 10.7. The summed E-state index contributed by atoms with van der Waals surface area (Å²) in [4.78, 5) is 26.7. The Morgan fingerprint density at radius 1 is 0.455 bits per heavy atom. The maximum absolute atomic E-state index is 13.5. The van der Waals surface area contributed by atoms with Crippen molar-refractivity contribution in [3.8, 4) is 0 Å². The van der Waals surface area contributed by atoms with E-state index in [1.807, 2.05) is 6.08 Å². The van der Waals surface area contributed by atoms with E-state index >= 15 is 0 Å². The Kier molecular flexibility index (Phi) is 59.4. The molecule has 0 bridgehead atoms. The third-order valence-corrected chi connectivity index (χ3v) is 16.4. The quantitative estimate of drug-likeness (QED) is 0.0195. The van der Waals surface area contributed by atoms with Crippen LogP contribution in [-0.2, 0) is 23.8 Å². The molecule has 0 spiro atoms. The molecular weight excluding hydrogens is 1100 g/mol. The van der Waals surface area contributed by atoms with Crippen LogP contribution >= 0.6 is 0 Å². The molecule has 0 aromatic carbocycles. The molecule has 11 nitrogen and oxygen atoms in total. The van der Waals surface area contributed by atoms with E-state index in [-0.39, 0.29) is 19.4 Å². The van der Waals surface area contributed by atoms with E-state index in [1.54, 1.807) is 6.08 Å². The van der Waals surface area contributed by atoms with Gasteiger partial charge in [-0.2, -0.15) is 0 Å². The number of esters is 1. The molecular formula is C77H133NO10. The van der Waals surface area contributed by atoms with Gasteiger partial charge in [0.05, 0.1) is 25.4 Å². The number of hydrogen-bond donors (Lipinski definition) is 6. The van der Waals surface area contributed by atoms with Gasteiger partial charge in [-0.25, -0.2) is 0 Å². The van der Waals surface area contributed by atoms with Crippen LogP contribution in [0.3, 0.4) is 0 Å². The van der Waals surface area contributed by atoms with Crippen molar-refractivity contribution in [3.63, 3.8) is 0 Å². The van der Waals surface area contributed by atoms with Gasteiger partial charge in [-0.1, -0.05) is 297 Å². The van der Waals surface area contributed by atoms with E-state index in [0.29, 0.717) is 12.8 Å². The number of carbonyl (C=O) groups excluding carboxylic acids is 2. The number of allylic oxidation sites excluding steroid dienone is 17. The molecule has 1 aliphatic heterocycles. The first kappa shape index (κ1) is 82.3. The average molecular weight is 1230 g/mol. The van der Waals surface area contributed by atoms with Gasteiger partial charge in [0.25, 0.3) is 0 Å². The van der Waals surface area contributed by atoms with E-state index in [2.05, 4.69) is 123 Å². The van der Waals surface area contributed by atoms with E-state index in [4.69, 9.17) is 14.2 Å². The van der Waals surface area contributed by atoms with Gasteiger partial charge in [0.1, 0.15) is 24.4 Å². The molecule has 1 rings (SSSR count). The molecule has 11 heteroatoms. The minimum atomic E-state index is -1.62. The highest BCUT2D eigenvalue weighted by Gasteiger charge is 2.47. The summed E-state index contributed by atoms with van der Waals surface area (Å²) in [6.07, 6.45) is 76.9. The largest absolute Gasteiger partial charge is 0.454 e. The van der Waals surface area contributed by atoms with Crippen LogP contribution in [0.4, 0.5) is 0 Å². The summed E-state index contributed by atoms with van der Waals surface area (Å²) >= 11 is 0. The standard InChI is InChI=1S/C77H133NO10/c1-4-7-10-13-16-19-22-25-27-29-31-33-34-35-36-37-38-39-41-43-45-47-50-53-56-59-62-65-72(82)88-75-74(84)73(83)71(66-79)87-77(75)86-67-68(69(80)63-60-57-54-51-48-24-21-18-15-12-9-6-3)78-76(85)70(81)64-61-58-55-52-49-46-44-42-40-32-30-28-26-23-20-17-14-11-8-5-2/h7,10,16-17,19-20,25-28,31,33,35-36,38-39,60,63,68-71,73-75,77,79-81,83-84H,4-6,8-9,11-15,18,21-24,29-30,32,34,37,40-59,61-62,64-67H2,1-3H3,(H,78,85)/b10-7-,19-16-,20-17-,27-25-,28-26-,33-31-,36-35-,39-38-,63-60+. The van der Waals surface area contributed by atoms with Crippen molar-refractivity contribution < 1.29 is 49.3 Å². The maximum atomic E-state index is 13.5. The van der Waals surface area contributed by atoms with Gasteiger partial charge in [-0.15, -0.1) is 0 Å². The number of aliphatic hydroxyl groups excluding tert-OH is 5. The van der Waals surface area contributed by atoms with E-state index in [1.165, 1.54) is 135 Å². The predicted molar refractivity (Wildman–Crippen MR) is 370 cm³/mol. The maximum Gasteiger partial charge on any atom is 0.306 e. The minimum absolute atomic E-state index is 0.108. The van der Waals surface area contributed by atoms with Crippen LogP contribution in [0.1, 0.15) is 303 Å². The Morgan fingerprint density at radius 2 is 0.818 bits per heavy atom. The molecule has 1 heterocycles. The Balaban J connectivity index is 2.57. The second kappa shape index (κ2) is 63.5. The van der Waals surface area contributed by atoms with Gasteiger partial charge < -0.3 is 45.1 Å². The Hall–Kier alpha value is -3.68. The summed E-state index contributed by atoms with van der Waals surface area (Å²) in [6, 6.07) is -1.03. The molecule has 0 radical (unpaired) electrons. The van der Waals surface area contributed by atoms with Crippen LogP contribution in [0.2, 0.25) is 0 Å². The fourth-order valence-corrected chi connectivity index (χ4v) is 10.7. The molecule has 1 fully saturated rings. The van der Waals surface area contributed by atoms with Crippen LogP contribution in [-0.4, -0.2) is 99.6 Å². The topological polar surface area (TPSA) is 175 Å². The zero-order valence-electron chi connectivity index (χ0n) is 56.3. The number of hydrogen-bond acceptors (Lipinski definition) is 10. The first-order valence-corrected chi connectivity index (χ1v) is 36.2. The van der Waals surface area contributed by atoms with Gasteiger partial charge in [0.2, 0.25) is 5.91 Å². The second-order valence-electron chi connectivity index (χ2n) is 24.6. The number of amides is 1. The van der Waals surface area contributed by atoms with Crippen LogP contribution in [0.15, 0.2) is 109 Å². The van der Waals surface area contributed by atoms with E-state index in [0.717, 1.165) is 122 Å². The zero-order chi connectivity index (χ0) is 63.9. The van der Waals surface area contributed by atoms with Gasteiger partial charge in [-0.05, 0) is 109 Å². The third-order valence-electron chi connectivity index (χ3n) is 16.4. The van der Waals surface area contributed by atoms with Crippen molar-refractivity contribution >= 4 is 11.9 Å². The number of nitrogens with one attached hydrogen (secondary N) is 1. The highest BCUT2D eigenvalue weighted by molar-refractivity contribution is 5.80.